The monoisotopic (exact) mass is 1220 g/mol. The summed E-state index contributed by atoms with van der Waals surface area (Å²) in [5.41, 5.74) is -0.988. The Morgan fingerprint density at radius 1 is 0.678 bits per heavy atom. The van der Waals surface area contributed by atoms with E-state index >= 15 is 8.78 Å². The summed E-state index contributed by atoms with van der Waals surface area (Å²) in [5, 5.41) is 27.8. The summed E-state index contributed by atoms with van der Waals surface area (Å²) in [7, 11) is 1.37. The predicted molar refractivity (Wildman–Crippen MR) is 309 cm³/mol. The van der Waals surface area contributed by atoms with Crippen LogP contribution in [0.15, 0.2) is 66.1 Å². The smallest absolute Gasteiger partial charge is 0.261 e. The van der Waals surface area contributed by atoms with Crippen LogP contribution in [0, 0.1) is 40.9 Å². The van der Waals surface area contributed by atoms with Crippen molar-refractivity contribution >= 4 is 63.8 Å². The van der Waals surface area contributed by atoms with Gasteiger partial charge in [0.15, 0.2) is 23.3 Å². The minimum Gasteiger partial charge on any atom is -0.508 e. The highest BCUT2D eigenvalue weighted by Crippen LogP contribution is 2.26. The van der Waals surface area contributed by atoms with Crippen molar-refractivity contribution in [2.24, 2.45) is 11.8 Å². The molecule has 28 heteroatoms. The molecule has 0 bridgehead atoms. The van der Waals surface area contributed by atoms with Gasteiger partial charge >= 0.3 is 0 Å². The molecule has 7 atom stereocenters. The Kier molecular flexibility index (Phi) is 23.8. The van der Waals surface area contributed by atoms with Crippen LogP contribution in [0.4, 0.5) is 27.6 Å². The van der Waals surface area contributed by atoms with Gasteiger partial charge in [-0.3, -0.25) is 47.7 Å². The summed E-state index contributed by atoms with van der Waals surface area (Å²) in [5.74, 6) is -18.5. The standard InChI is InChI=1S/C59H74F5N13O10/c1-8-10-11-41(71-57(85)52(32(5)9-2)69-33(6)78)59(87)76-20-18-75(19-21-76)36-14-17-40-38(25-36)58(86)77(30-68-40)28-46(80)70-45(26-39-47(60)49(62)51(64)50(63)48(39)61)56(84)74-44(24-35-27-66-29-67-35)55(83)73-43(23-34-12-15-37(79)16-13-34)54(82)72-42(22-31(3)4)53(81)65-7/h12-17,25,27,29-32,41-45,52,79H,8-11,18-24,26,28H2,1-7H3,(H,65,81)(H,66,67)(H,69,78)(H,70,80)(H,71,85)(H,72,82)(H,73,83)(H,74,84)/t32-,41-,42-,43-,44-,45-,52-/m0/s1. The van der Waals surface area contributed by atoms with Gasteiger partial charge < -0.3 is 57.1 Å². The van der Waals surface area contributed by atoms with Crippen molar-refractivity contribution in [1.29, 1.82) is 0 Å². The number of piperazine rings is 1. The lowest BCUT2D eigenvalue weighted by atomic mass is 9.97. The number of aromatic nitrogens is 4. The number of likely N-dealkylation sites (N-methyl/N-ethyl adjacent to an activating group) is 1. The molecule has 470 valence electrons. The van der Waals surface area contributed by atoms with E-state index in [2.05, 4.69) is 52.2 Å². The van der Waals surface area contributed by atoms with Gasteiger partial charge in [0.2, 0.25) is 53.1 Å². The zero-order chi connectivity index (χ0) is 63.8. The number of hydrogen-bond donors (Lipinski definition) is 9. The van der Waals surface area contributed by atoms with Gasteiger partial charge in [-0.25, -0.2) is 31.9 Å². The van der Waals surface area contributed by atoms with Crippen molar-refractivity contribution in [1.82, 2.24) is 61.6 Å². The van der Waals surface area contributed by atoms with Gasteiger partial charge in [-0.15, -0.1) is 0 Å². The number of aromatic amines is 1. The zero-order valence-electron chi connectivity index (χ0n) is 49.3. The maximum absolute atomic E-state index is 15.4. The summed E-state index contributed by atoms with van der Waals surface area (Å²) in [6, 6.07) is 2.13. The van der Waals surface area contributed by atoms with Crippen LogP contribution in [-0.2, 0) is 64.2 Å². The van der Waals surface area contributed by atoms with Gasteiger partial charge in [-0.2, -0.15) is 0 Å². The molecule has 0 radical (unpaired) electrons. The molecule has 2 aromatic heterocycles. The van der Waals surface area contributed by atoms with E-state index in [1.165, 1.54) is 56.8 Å². The van der Waals surface area contributed by atoms with Crippen LogP contribution in [0.25, 0.3) is 10.9 Å². The van der Waals surface area contributed by atoms with E-state index in [9.17, 15) is 61.4 Å². The highest BCUT2D eigenvalue weighted by molar-refractivity contribution is 5.96. The van der Waals surface area contributed by atoms with Gasteiger partial charge in [0.25, 0.3) is 5.56 Å². The number of unbranched alkanes of at least 4 members (excludes halogenated alkanes) is 1. The van der Waals surface area contributed by atoms with Crippen molar-refractivity contribution < 1.29 is 65.4 Å². The fourth-order valence-electron chi connectivity index (χ4n) is 9.94. The van der Waals surface area contributed by atoms with Crippen molar-refractivity contribution in [2.75, 3.05) is 38.1 Å². The Hall–Kier alpha value is -8.98. The first-order valence-corrected chi connectivity index (χ1v) is 28.6. The number of hydrogen-bond acceptors (Lipinski definition) is 13. The fourth-order valence-corrected chi connectivity index (χ4v) is 9.94. The molecule has 3 aromatic carbocycles. The Balaban J connectivity index is 1.24. The number of anilines is 1. The summed E-state index contributed by atoms with van der Waals surface area (Å²) in [6.45, 7) is 10.8. The van der Waals surface area contributed by atoms with E-state index in [0.717, 1.165) is 17.3 Å². The number of amides is 8. The number of H-pyrrole nitrogens is 1. The van der Waals surface area contributed by atoms with Gasteiger partial charge in [0.1, 0.15) is 48.5 Å². The second kappa shape index (κ2) is 30.9. The topological polar surface area (TPSA) is 311 Å². The lowest BCUT2D eigenvalue weighted by molar-refractivity contribution is -0.138. The van der Waals surface area contributed by atoms with Crippen LogP contribution in [0.3, 0.4) is 0 Å². The Bertz CT molecular complexity index is 3310. The maximum atomic E-state index is 15.4. The van der Waals surface area contributed by atoms with E-state index in [4.69, 9.17) is 0 Å². The molecule has 8 amide bonds. The van der Waals surface area contributed by atoms with Crippen LogP contribution in [0.2, 0.25) is 0 Å². The van der Waals surface area contributed by atoms with Crippen LogP contribution < -0.4 is 47.7 Å². The molecule has 5 aromatic rings. The van der Waals surface area contributed by atoms with Gasteiger partial charge in [-0.1, -0.05) is 66.0 Å². The predicted octanol–water partition coefficient (Wildman–Crippen LogP) is 2.85. The average Bonchev–Trinajstić information content (AvgIpc) is 2.41. The molecule has 0 spiro atoms. The minimum atomic E-state index is -2.50. The third-order valence-electron chi connectivity index (χ3n) is 15.0. The normalized spacial score (nSPS) is 14.9. The first-order chi connectivity index (χ1) is 41.3. The molecule has 0 unspecified atom stereocenters. The molecule has 1 fully saturated rings. The number of halogens is 5. The number of rotatable bonds is 28. The number of phenolic OH excluding ortho intramolecular Hbond substituents is 1. The molecule has 1 saturated heterocycles. The molecular weight excluding hydrogens is 1150 g/mol. The number of phenols is 1. The van der Waals surface area contributed by atoms with E-state index in [0.29, 0.717) is 43.6 Å². The molecule has 9 N–H and O–H groups in total. The average molecular weight is 1220 g/mol. The largest absolute Gasteiger partial charge is 0.508 e. The Morgan fingerprint density at radius 3 is 1.83 bits per heavy atom. The van der Waals surface area contributed by atoms with Gasteiger partial charge in [0.05, 0.1) is 29.3 Å². The fraction of sp³-hybridized carbons (Fsp3) is 0.475. The lowest BCUT2D eigenvalue weighted by Crippen LogP contribution is -2.59. The first kappa shape index (κ1) is 67.2. The van der Waals surface area contributed by atoms with Crippen molar-refractivity contribution in [2.45, 2.75) is 136 Å². The molecule has 0 saturated carbocycles. The van der Waals surface area contributed by atoms with E-state index in [1.807, 2.05) is 39.5 Å². The third-order valence-corrected chi connectivity index (χ3v) is 15.0. The second-order valence-corrected chi connectivity index (χ2v) is 21.9. The molecule has 6 rings (SSSR count). The number of imidazole rings is 1. The van der Waals surface area contributed by atoms with Crippen LogP contribution in [0.1, 0.15) is 90.5 Å². The van der Waals surface area contributed by atoms with E-state index < -0.39 is 131 Å². The minimum absolute atomic E-state index is 0.0167. The number of carbonyl (C=O) groups is 8. The van der Waals surface area contributed by atoms with E-state index in [1.54, 1.807) is 17.0 Å². The van der Waals surface area contributed by atoms with Crippen molar-refractivity contribution in [3.8, 4) is 5.75 Å². The number of nitrogens with one attached hydrogen (secondary N) is 8. The SMILES string of the molecule is CCCC[C@H](NC(=O)[C@@H](NC(C)=O)[C@@H](C)CC)C(=O)N1CCN(c2ccc3ncn(CC(=O)N[C@@H](Cc4c(F)c(F)c(F)c(F)c4F)C(=O)N[C@@H](Cc4c[nH]cn4)C(=O)N[C@@H](Cc4ccc(O)cc4)C(=O)N[C@@H](CC(C)C)C(=O)NC)c(=O)c3c2)CC1. The number of carbonyl (C=O) groups excluding carboxylic acids is 8. The van der Waals surface area contributed by atoms with Crippen molar-refractivity contribution in [3.63, 3.8) is 0 Å². The van der Waals surface area contributed by atoms with Crippen LogP contribution >= 0.6 is 0 Å². The molecule has 3 heterocycles. The highest BCUT2D eigenvalue weighted by atomic mass is 19.2. The van der Waals surface area contributed by atoms with E-state index in [-0.39, 0.29) is 71.9 Å². The summed E-state index contributed by atoms with van der Waals surface area (Å²) < 4.78 is 75.4. The van der Waals surface area contributed by atoms with Crippen molar-refractivity contribution in [3.05, 3.63) is 118 Å². The number of nitrogens with zero attached hydrogens (tertiary/aromatic N) is 5. The van der Waals surface area contributed by atoms with Crippen LogP contribution in [-0.4, -0.2) is 146 Å². The van der Waals surface area contributed by atoms with Gasteiger partial charge in [0, 0.05) is 76.9 Å². The number of benzene rings is 3. The molecular formula is C59H74F5N13O10. The lowest BCUT2D eigenvalue weighted by Gasteiger charge is -2.38. The summed E-state index contributed by atoms with van der Waals surface area (Å²) in [6.07, 6.45) is 4.07. The maximum Gasteiger partial charge on any atom is 0.261 e. The second-order valence-electron chi connectivity index (χ2n) is 21.9. The first-order valence-electron chi connectivity index (χ1n) is 28.6. The molecule has 1 aliphatic rings. The molecule has 23 nitrogen and oxygen atoms in total. The molecule has 1 aliphatic heterocycles. The van der Waals surface area contributed by atoms with Crippen LogP contribution in [0.5, 0.6) is 5.75 Å². The number of fused-ring (bicyclic) bond motifs is 1. The molecule has 87 heavy (non-hydrogen) atoms. The highest BCUT2D eigenvalue weighted by Gasteiger charge is 2.36. The Morgan fingerprint density at radius 2 is 1.26 bits per heavy atom. The number of aromatic hydroxyl groups is 1. The molecule has 0 aliphatic carbocycles. The zero-order valence-corrected chi connectivity index (χ0v) is 49.3. The quantitative estimate of drug-likeness (QED) is 0.0198. The summed E-state index contributed by atoms with van der Waals surface area (Å²) >= 11 is 0. The Labute approximate surface area is 498 Å². The van der Waals surface area contributed by atoms with Gasteiger partial charge in [-0.05, 0) is 60.6 Å². The summed E-state index contributed by atoms with van der Waals surface area (Å²) in [4.78, 5) is 138. The third kappa shape index (κ3) is 17.8.